The first-order chi connectivity index (χ1) is 6.27. The molecule has 70 valence electrons. The number of hydrogen-bond donors (Lipinski definition) is 1. The minimum Gasteiger partial charge on any atom is -0.506 e. The monoisotopic (exact) mass is 197 g/mol. The molecule has 1 aromatic carbocycles. The van der Waals surface area contributed by atoms with E-state index in [0.29, 0.717) is 10.8 Å². The van der Waals surface area contributed by atoms with Crippen molar-refractivity contribution in [2.45, 2.75) is 12.8 Å². The molecule has 0 spiro atoms. The van der Waals surface area contributed by atoms with Gasteiger partial charge in [-0.3, -0.25) is 0 Å². The van der Waals surface area contributed by atoms with Crippen LogP contribution in [0.5, 0.6) is 5.75 Å². The van der Waals surface area contributed by atoms with Gasteiger partial charge in [-0.2, -0.15) is 0 Å². The number of nitrogens with zero attached hydrogens (tertiary/aromatic N) is 1. The number of halogens is 1. The zero-order chi connectivity index (χ0) is 9.26. The van der Waals surface area contributed by atoms with Crippen molar-refractivity contribution in [2.75, 3.05) is 18.0 Å². The molecule has 0 aliphatic carbocycles. The van der Waals surface area contributed by atoms with E-state index in [4.69, 9.17) is 11.6 Å². The summed E-state index contributed by atoms with van der Waals surface area (Å²) < 4.78 is 0. The lowest BCUT2D eigenvalue weighted by atomic mass is 10.2. The van der Waals surface area contributed by atoms with Gasteiger partial charge in [0.1, 0.15) is 5.75 Å². The highest BCUT2D eigenvalue weighted by Crippen LogP contribution is 2.32. The number of rotatable bonds is 1. The van der Waals surface area contributed by atoms with Gasteiger partial charge in [0.05, 0.1) is 5.69 Å². The Morgan fingerprint density at radius 1 is 1.23 bits per heavy atom. The maximum Gasteiger partial charge on any atom is 0.138 e. The molecule has 1 fully saturated rings. The van der Waals surface area contributed by atoms with E-state index < -0.39 is 0 Å². The van der Waals surface area contributed by atoms with Gasteiger partial charge in [0, 0.05) is 18.1 Å². The van der Waals surface area contributed by atoms with Crippen molar-refractivity contribution in [3.8, 4) is 5.75 Å². The predicted octanol–water partition coefficient (Wildman–Crippen LogP) is 2.65. The Labute approximate surface area is 82.7 Å². The fraction of sp³-hybridized carbons (Fsp3) is 0.400. The Hall–Kier alpha value is -0.890. The van der Waals surface area contributed by atoms with Crippen LogP contribution in [0.3, 0.4) is 0 Å². The van der Waals surface area contributed by atoms with Crippen LogP contribution in [-0.2, 0) is 0 Å². The Kier molecular flexibility index (Phi) is 2.32. The molecule has 0 bridgehead atoms. The van der Waals surface area contributed by atoms with Crippen LogP contribution in [0.4, 0.5) is 5.69 Å². The van der Waals surface area contributed by atoms with Gasteiger partial charge in [-0.05, 0) is 31.0 Å². The summed E-state index contributed by atoms with van der Waals surface area (Å²) in [4.78, 5) is 2.17. The molecule has 0 unspecified atom stereocenters. The highest BCUT2D eigenvalue weighted by molar-refractivity contribution is 6.30. The van der Waals surface area contributed by atoms with E-state index in [1.807, 2.05) is 6.07 Å². The molecule has 1 heterocycles. The molecule has 2 rings (SSSR count). The number of phenolic OH excluding ortho intramolecular Hbond substituents is 1. The largest absolute Gasteiger partial charge is 0.506 e. The van der Waals surface area contributed by atoms with Crippen molar-refractivity contribution in [3.63, 3.8) is 0 Å². The molecule has 2 nitrogen and oxygen atoms in total. The Morgan fingerprint density at radius 3 is 2.62 bits per heavy atom. The van der Waals surface area contributed by atoms with Crippen molar-refractivity contribution in [3.05, 3.63) is 23.2 Å². The molecule has 13 heavy (non-hydrogen) atoms. The van der Waals surface area contributed by atoms with E-state index in [1.165, 1.54) is 12.8 Å². The molecule has 1 aliphatic rings. The third-order valence-corrected chi connectivity index (χ3v) is 2.62. The first kappa shape index (κ1) is 8.70. The van der Waals surface area contributed by atoms with Gasteiger partial charge in [0.2, 0.25) is 0 Å². The van der Waals surface area contributed by atoms with E-state index in [0.717, 1.165) is 18.8 Å². The van der Waals surface area contributed by atoms with E-state index >= 15 is 0 Å². The summed E-state index contributed by atoms with van der Waals surface area (Å²) in [6, 6.07) is 5.18. The van der Waals surface area contributed by atoms with Crippen LogP contribution in [-0.4, -0.2) is 18.2 Å². The van der Waals surface area contributed by atoms with Crippen LogP contribution < -0.4 is 4.90 Å². The maximum absolute atomic E-state index is 9.60. The predicted molar refractivity (Wildman–Crippen MR) is 54.6 cm³/mol. The summed E-state index contributed by atoms with van der Waals surface area (Å²) in [5.41, 5.74) is 0.866. The summed E-state index contributed by atoms with van der Waals surface area (Å²) in [5, 5.41) is 10.3. The molecule has 3 heteroatoms. The Bertz CT molecular complexity index is 308. The van der Waals surface area contributed by atoms with E-state index in [-0.39, 0.29) is 0 Å². The van der Waals surface area contributed by atoms with Gasteiger partial charge in [-0.25, -0.2) is 0 Å². The van der Waals surface area contributed by atoms with Gasteiger partial charge in [-0.1, -0.05) is 11.6 Å². The lowest BCUT2D eigenvalue weighted by Crippen LogP contribution is -2.17. The van der Waals surface area contributed by atoms with Gasteiger partial charge in [0.25, 0.3) is 0 Å². The molecular weight excluding hydrogens is 186 g/mol. The molecule has 1 aliphatic heterocycles. The fourth-order valence-corrected chi connectivity index (χ4v) is 1.87. The van der Waals surface area contributed by atoms with Gasteiger partial charge in [0.15, 0.2) is 0 Å². The van der Waals surface area contributed by atoms with Crippen molar-refractivity contribution in [2.24, 2.45) is 0 Å². The molecule has 0 saturated carbocycles. The van der Waals surface area contributed by atoms with Crippen LogP contribution >= 0.6 is 11.6 Å². The third kappa shape index (κ3) is 1.73. The summed E-state index contributed by atoms with van der Waals surface area (Å²) in [7, 11) is 0. The molecule has 0 aromatic heterocycles. The van der Waals surface area contributed by atoms with E-state index in [1.54, 1.807) is 12.1 Å². The second kappa shape index (κ2) is 3.46. The average Bonchev–Trinajstić information content (AvgIpc) is 2.61. The summed E-state index contributed by atoms with van der Waals surface area (Å²) in [6.07, 6.45) is 2.40. The van der Waals surface area contributed by atoms with Crippen LogP contribution in [0.25, 0.3) is 0 Å². The minimum atomic E-state index is 0.325. The van der Waals surface area contributed by atoms with Crippen LogP contribution in [0.2, 0.25) is 5.02 Å². The highest BCUT2D eigenvalue weighted by Gasteiger charge is 2.15. The smallest absolute Gasteiger partial charge is 0.138 e. The second-order valence-corrected chi connectivity index (χ2v) is 3.76. The SMILES string of the molecule is Oc1ccc(Cl)cc1N1CCCC1. The zero-order valence-corrected chi connectivity index (χ0v) is 8.09. The van der Waals surface area contributed by atoms with Gasteiger partial charge < -0.3 is 10.0 Å². The van der Waals surface area contributed by atoms with Gasteiger partial charge in [-0.15, -0.1) is 0 Å². The Balaban J connectivity index is 2.32. The number of phenols is 1. The van der Waals surface area contributed by atoms with Gasteiger partial charge >= 0.3 is 0 Å². The molecule has 0 amide bonds. The number of aromatic hydroxyl groups is 1. The van der Waals surface area contributed by atoms with Crippen LogP contribution in [0.15, 0.2) is 18.2 Å². The summed E-state index contributed by atoms with van der Waals surface area (Å²) in [5.74, 6) is 0.325. The number of anilines is 1. The normalized spacial score (nSPS) is 16.5. The topological polar surface area (TPSA) is 23.5 Å². The van der Waals surface area contributed by atoms with Crippen molar-refractivity contribution < 1.29 is 5.11 Å². The lowest BCUT2D eigenvalue weighted by molar-refractivity contribution is 0.475. The standard InChI is InChI=1S/C10H12ClNO/c11-8-3-4-10(13)9(7-8)12-5-1-2-6-12/h3-4,7,13H,1-2,5-6H2. The molecule has 1 saturated heterocycles. The highest BCUT2D eigenvalue weighted by atomic mass is 35.5. The van der Waals surface area contributed by atoms with Crippen molar-refractivity contribution in [1.82, 2.24) is 0 Å². The quantitative estimate of drug-likeness (QED) is 0.748. The number of hydrogen-bond acceptors (Lipinski definition) is 2. The first-order valence-electron chi connectivity index (χ1n) is 4.51. The molecule has 1 N–H and O–H groups in total. The van der Waals surface area contributed by atoms with Crippen LogP contribution in [0.1, 0.15) is 12.8 Å². The van der Waals surface area contributed by atoms with E-state index in [9.17, 15) is 5.11 Å². The molecule has 1 aromatic rings. The second-order valence-electron chi connectivity index (χ2n) is 3.33. The minimum absolute atomic E-state index is 0.325. The molecule has 0 atom stereocenters. The maximum atomic E-state index is 9.60. The van der Waals surface area contributed by atoms with Crippen LogP contribution in [0, 0.1) is 0 Å². The first-order valence-corrected chi connectivity index (χ1v) is 4.88. The molecular formula is C10H12ClNO. The molecule has 0 radical (unpaired) electrons. The third-order valence-electron chi connectivity index (χ3n) is 2.38. The van der Waals surface area contributed by atoms with Crippen molar-refractivity contribution >= 4 is 17.3 Å². The van der Waals surface area contributed by atoms with Crippen molar-refractivity contribution in [1.29, 1.82) is 0 Å². The Morgan fingerprint density at radius 2 is 1.92 bits per heavy atom. The fourth-order valence-electron chi connectivity index (χ4n) is 1.71. The summed E-state index contributed by atoms with van der Waals surface area (Å²) >= 11 is 5.86. The zero-order valence-electron chi connectivity index (χ0n) is 7.33. The number of benzene rings is 1. The lowest BCUT2D eigenvalue weighted by Gasteiger charge is -2.18. The summed E-state index contributed by atoms with van der Waals surface area (Å²) in [6.45, 7) is 2.04. The van der Waals surface area contributed by atoms with E-state index in [2.05, 4.69) is 4.90 Å². The average molecular weight is 198 g/mol.